The molecular weight excluding hydrogens is 301 g/mol. The van der Waals surface area contributed by atoms with E-state index in [0.29, 0.717) is 31.9 Å². The zero-order valence-electron chi connectivity index (χ0n) is 13.6. The van der Waals surface area contributed by atoms with Crippen LogP contribution in [-0.2, 0) is 4.79 Å². The molecule has 0 bridgehead atoms. The van der Waals surface area contributed by atoms with E-state index in [4.69, 9.17) is 4.74 Å². The Morgan fingerprint density at radius 3 is 2.70 bits per heavy atom. The Labute approximate surface area is 135 Å². The molecule has 0 aromatic heterocycles. The summed E-state index contributed by atoms with van der Waals surface area (Å²) in [5, 5.41) is 2.63. The molecule has 2 amide bonds. The number of hydrogen-bond acceptors (Lipinski definition) is 4. The Morgan fingerprint density at radius 1 is 1.30 bits per heavy atom. The summed E-state index contributed by atoms with van der Waals surface area (Å²) >= 11 is 0. The largest absolute Gasteiger partial charge is 0.496 e. The molecule has 2 rings (SSSR count). The lowest BCUT2D eigenvalue weighted by molar-refractivity contribution is -0.125. The molecule has 0 spiro atoms. The van der Waals surface area contributed by atoms with Crippen LogP contribution in [0.25, 0.3) is 0 Å². The number of halogens is 1. The van der Waals surface area contributed by atoms with Crippen molar-refractivity contribution < 1.29 is 18.7 Å². The third-order valence-corrected chi connectivity index (χ3v) is 4.02. The maximum Gasteiger partial charge on any atom is 0.257 e. The summed E-state index contributed by atoms with van der Waals surface area (Å²) in [6.07, 6.45) is 0. The zero-order valence-corrected chi connectivity index (χ0v) is 13.6. The number of nitrogens with one attached hydrogen (secondary N) is 1. The van der Waals surface area contributed by atoms with E-state index in [1.807, 2.05) is 11.9 Å². The monoisotopic (exact) mass is 323 g/mol. The summed E-state index contributed by atoms with van der Waals surface area (Å²) in [7, 11) is 4.93. The van der Waals surface area contributed by atoms with Crippen molar-refractivity contribution in [2.24, 2.45) is 5.92 Å². The van der Waals surface area contributed by atoms with Gasteiger partial charge in [-0.1, -0.05) is 0 Å². The maximum absolute atomic E-state index is 13.5. The molecule has 126 valence electrons. The van der Waals surface area contributed by atoms with Crippen molar-refractivity contribution >= 4 is 11.8 Å². The first-order chi connectivity index (χ1) is 11.0. The first kappa shape index (κ1) is 17.2. The van der Waals surface area contributed by atoms with Crippen molar-refractivity contribution in [2.75, 3.05) is 47.4 Å². The smallest absolute Gasteiger partial charge is 0.257 e. The molecule has 1 saturated heterocycles. The first-order valence-electron chi connectivity index (χ1n) is 7.49. The SMILES string of the molecule is CNC(=O)[C@H]1CN(C)CCN(C(=O)c2cc(F)ccc2OC)C1. The second-order valence-electron chi connectivity index (χ2n) is 5.67. The molecule has 1 aromatic carbocycles. The van der Waals surface area contributed by atoms with Crippen LogP contribution in [0.5, 0.6) is 5.75 Å². The van der Waals surface area contributed by atoms with E-state index in [-0.39, 0.29) is 23.3 Å². The molecule has 0 saturated carbocycles. The second-order valence-corrected chi connectivity index (χ2v) is 5.67. The van der Waals surface area contributed by atoms with Crippen LogP contribution in [0.3, 0.4) is 0 Å². The highest BCUT2D eigenvalue weighted by Crippen LogP contribution is 2.22. The number of likely N-dealkylation sites (N-methyl/N-ethyl adjacent to an activating group) is 1. The average molecular weight is 323 g/mol. The molecule has 0 aliphatic carbocycles. The number of benzene rings is 1. The van der Waals surface area contributed by atoms with Crippen molar-refractivity contribution in [3.63, 3.8) is 0 Å². The average Bonchev–Trinajstić information content (AvgIpc) is 2.75. The second kappa shape index (κ2) is 7.41. The summed E-state index contributed by atoms with van der Waals surface area (Å²) in [5.74, 6) is -0.932. The molecule has 1 aromatic rings. The summed E-state index contributed by atoms with van der Waals surface area (Å²) in [4.78, 5) is 28.4. The summed E-state index contributed by atoms with van der Waals surface area (Å²) in [6.45, 7) is 1.99. The van der Waals surface area contributed by atoms with Gasteiger partial charge in [-0.25, -0.2) is 4.39 Å². The highest BCUT2D eigenvalue weighted by atomic mass is 19.1. The molecular formula is C16H22FN3O3. The molecule has 0 unspecified atom stereocenters. The molecule has 0 radical (unpaired) electrons. The van der Waals surface area contributed by atoms with Crippen LogP contribution >= 0.6 is 0 Å². The van der Waals surface area contributed by atoms with Crippen LogP contribution in [0.4, 0.5) is 4.39 Å². The molecule has 1 heterocycles. The fourth-order valence-electron chi connectivity index (χ4n) is 2.75. The van der Waals surface area contributed by atoms with Gasteiger partial charge in [0.1, 0.15) is 11.6 Å². The third-order valence-electron chi connectivity index (χ3n) is 4.02. The molecule has 1 atom stereocenters. The number of ether oxygens (including phenoxy) is 1. The predicted molar refractivity (Wildman–Crippen MR) is 83.9 cm³/mol. The molecule has 1 aliphatic rings. The van der Waals surface area contributed by atoms with Crippen molar-refractivity contribution in [1.29, 1.82) is 0 Å². The van der Waals surface area contributed by atoms with Gasteiger partial charge in [-0.15, -0.1) is 0 Å². The summed E-state index contributed by atoms with van der Waals surface area (Å²) in [5.41, 5.74) is 0.174. The van der Waals surface area contributed by atoms with E-state index in [1.54, 1.807) is 11.9 Å². The number of methoxy groups -OCH3 is 1. The molecule has 1 N–H and O–H groups in total. The molecule has 1 fully saturated rings. The highest BCUT2D eigenvalue weighted by Gasteiger charge is 2.30. The topological polar surface area (TPSA) is 61.9 Å². The number of amides is 2. The van der Waals surface area contributed by atoms with E-state index in [1.165, 1.54) is 25.3 Å². The maximum atomic E-state index is 13.5. The molecule has 6 nitrogen and oxygen atoms in total. The van der Waals surface area contributed by atoms with Crippen LogP contribution in [0.1, 0.15) is 10.4 Å². The van der Waals surface area contributed by atoms with Crippen molar-refractivity contribution in [2.45, 2.75) is 0 Å². The van der Waals surface area contributed by atoms with Gasteiger partial charge in [-0.2, -0.15) is 0 Å². The quantitative estimate of drug-likeness (QED) is 0.884. The van der Waals surface area contributed by atoms with Gasteiger partial charge in [-0.05, 0) is 25.2 Å². The Hall–Kier alpha value is -2.15. The standard InChI is InChI=1S/C16H22FN3O3/c1-18-15(21)11-9-19(2)6-7-20(10-11)16(22)13-8-12(17)4-5-14(13)23-3/h4-5,8,11H,6-7,9-10H2,1-3H3,(H,18,21)/t11-/m0/s1. The van der Waals surface area contributed by atoms with E-state index in [2.05, 4.69) is 5.32 Å². The Balaban J connectivity index is 2.27. The molecule has 1 aliphatic heterocycles. The first-order valence-corrected chi connectivity index (χ1v) is 7.49. The van der Waals surface area contributed by atoms with E-state index < -0.39 is 5.82 Å². The van der Waals surface area contributed by atoms with Crippen LogP contribution in [0.15, 0.2) is 18.2 Å². The summed E-state index contributed by atoms with van der Waals surface area (Å²) in [6, 6.07) is 3.85. The minimum Gasteiger partial charge on any atom is -0.496 e. The normalized spacial score (nSPS) is 19.1. The van der Waals surface area contributed by atoms with E-state index >= 15 is 0 Å². The number of rotatable bonds is 3. The van der Waals surface area contributed by atoms with Gasteiger partial charge >= 0.3 is 0 Å². The number of nitrogens with zero attached hydrogens (tertiary/aromatic N) is 2. The molecule has 23 heavy (non-hydrogen) atoms. The van der Waals surface area contributed by atoms with Gasteiger partial charge in [0.2, 0.25) is 5.91 Å². The fraction of sp³-hybridized carbons (Fsp3) is 0.500. The Bertz CT molecular complexity index is 594. The lowest BCUT2D eigenvalue weighted by atomic mass is 10.1. The van der Waals surface area contributed by atoms with Gasteiger partial charge < -0.3 is 19.9 Å². The Morgan fingerprint density at radius 2 is 2.04 bits per heavy atom. The predicted octanol–water partition coefficient (Wildman–Crippen LogP) is 0.584. The van der Waals surface area contributed by atoms with Crippen molar-refractivity contribution in [3.05, 3.63) is 29.6 Å². The van der Waals surface area contributed by atoms with E-state index in [9.17, 15) is 14.0 Å². The number of carbonyl (C=O) groups excluding carboxylic acids is 2. The zero-order chi connectivity index (χ0) is 17.0. The van der Waals surface area contributed by atoms with E-state index in [0.717, 1.165) is 0 Å². The highest BCUT2D eigenvalue weighted by molar-refractivity contribution is 5.97. The molecule has 7 heteroatoms. The van der Waals surface area contributed by atoms with Crippen LogP contribution in [-0.4, -0.2) is 69.0 Å². The number of hydrogen-bond donors (Lipinski definition) is 1. The van der Waals surface area contributed by atoms with Gasteiger partial charge in [-0.3, -0.25) is 9.59 Å². The van der Waals surface area contributed by atoms with Crippen molar-refractivity contribution in [1.82, 2.24) is 15.1 Å². The fourth-order valence-corrected chi connectivity index (χ4v) is 2.75. The lowest BCUT2D eigenvalue weighted by Crippen LogP contribution is -2.41. The van der Waals surface area contributed by atoms with Crippen LogP contribution in [0, 0.1) is 11.7 Å². The third kappa shape index (κ3) is 3.98. The van der Waals surface area contributed by atoms with Gasteiger partial charge in [0.05, 0.1) is 18.6 Å². The van der Waals surface area contributed by atoms with Gasteiger partial charge in [0, 0.05) is 33.2 Å². The Kier molecular flexibility index (Phi) is 5.54. The number of carbonyl (C=O) groups is 2. The van der Waals surface area contributed by atoms with Crippen LogP contribution < -0.4 is 10.1 Å². The van der Waals surface area contributed by atoms with Crippen LogP contribution in [0.2, 0.25) is 0 Å². The minimum atomic E-state index is -0.496. The van der Waals surface area contributed by atoms with Gasteiger partial charge in [0.15, 0.2) is 0 Å². The van der Waals surface area contributed by atoms with Gasteiger partial charge in [0.25, 0.3) is 5.91 Å². The summed E-state index contributed by atoms with van der Waals surface area (Å²) < 4.78 is 18.7. The lowest BCUT2D eigenvalue weighted by Gasteiger charge is -2.24. The van der Waals surface area contributed by atoms with Crippen molar-refractivity contribution in [3.8, 4) is 5.75 Å². The minimum absolute atomic E-state index is 0.109.